The molecule has 0 fully saturated rings. The predicted octanol–water partition coefficient (Wildman–Crippen LogP) is 2.68. The quantitative estimate of drug-likeness (QED) is 0.552. The fourth-order valence-corrected chi connectivity index (χ4v) is 3.10. The summed E-state index contributed by atoms with van der Waals surface area (Å²) >= 11 is 0. The number of hydrazine groups is 1. The molecular weight excluding hydrogens is 226 g/mol. The average molecular weight is 253 g/mol. The summed E-state index contributed by atoms with van der Waals surface area (Å²) in [5, 5.41) is 0. The van der Waals surface area contributed by atoms with Crippen molar-refractivity contribution in [3.05, 3.63) is 24.2 Å². The van der Waals surface area contributed by atoms with Gasteiger partial charge in [-0.15, -0.1) is 0 Å². The second-order valence-corrected chi connectivity index (χ2v) is 4.60. The van der Waals surface area contributed by atoms with Gasteiger partial charge in [-0.05, 0) is 38.1 Å². The molecule has 0 aliphatic rings. The maximum atomic E-state index is 5.81. The Kier molecular flexibility index (Phi) is 5.85. The number of nitrogens with zero attached hydrogens (tertiary/aromatic N) is 1. The van der Waals surface area contributed by atoms with E-state index in [1.807, 2.05) is 12.1 Å². The molecule has 0 saturated carbocycles. The Bertz CT molecular complexity index is 316. The van der Waals surface area contributed by atoms with Crippen molar-refractivity contribution in [2.45, 2.75) is 52.1 Å². The Morgan fingerprint density at radius 3 is 2.22 bits per heavy atom. The van der Waals surface area contributed by atoms with Gasteiger partial charge in [-0.2, -0.15) is 0 Å². The molecule has 0 spiro atoms. The highest BCUT2D eigenvalue weighted by Gasteiger charge is 2.41. The van der Waals surface area contributed by atoms with Crippen molar-refractivity contribution < 1.29 is 4.42 Å². The molecule has 1 rings (SSSR count). The number of rotatable bonds is 8. The van der Waals surface area contributed by atoms with Crippen LogP contribution in [0.2, 0.25) is 0 Å². The number of nitrogens with one attached hydrogen (secondary N) is 1. The van der Waals surface area contributed by atoms with Crippen LogP contribution in [0.25, 0.3) is 0 Å². The Balaban J connectivity index is 3.15. The summed E-state index contributed by atoms with van der Waals surface area (Å²) in [6.07, 6.45) is 3.76. The van der Waals surface area contributed by atoms with Gasteiger partial charge in [0.05, 0.1) is 12.3 Å². The summed E-state index contributed by atoms with van der Waals surface area (Å²) < 4.78 is 5.57. The summed E-state index contributed by atoms with van der Waals surface area (Å²) in [6, 6.07) is 3.92. The van der Waals surface area contributed by atoms with Gasteiger partial charge in [0.2, 0.25) is 0 Å². The molecular formula is C14H27N3O. The van der Waals surface area contributed by atoms with Crippen molar-refractivity contribution in [3.8, 4) is 0 Å². The molecule has 104 valence electrons. The first-order chi connectivity index (χ1) is 8.69. The van der Waals surface area contributed by atoms with Crippen LogP contribution < -0.4 is 11.3 Å². The van der Waals surface area contributed by atoms with E-state index in [0.717, 1.165) is 31.7 Å². The number of hydrogen-bond donors (Lipinski definition) is 2. The van der Waals surface area contributed by atoms with Gasteiger partial charge in [0.1, 0.15) is 5.76 Å². The molecule has 1 atom stereocenters. The monoisotopic (exact) mass is 253 g/mol. The van der Waals surface area contributed by atoms with Gasteiger partial charge < -0.3 is 4.42 Å². The first-order valence-electron chi connectivity index (χ1n) is 6.94. The zero-order valence-electron chi connectivity index (χ0n) is 12.1. The normalized spacial score (nSPS) is 14.1. The minimum Gasteiger partial charge on any atom is -0.468 e. The molecule has 1 aromatic heterocycles. The molecule has 3 N–H and O–H groups in total. The number of nitrogens with two attached hydrogens (primary N) is 1. The molecule has 1 unspecified atom stereocenters. The van der Waals surface area contributed by atoms with Gasteiger partial charge >= 0.3 is 0 Å². The second-order valence-electron chi connectivity index (χ2n) is 4.60. The van der Waals surface area contributed by atoms with Crippen LogP contribution in [-0.2, 0) is 0 Å². The molecule has 1 heterocycles. The van der Waals surface area contributed by atoms with Crippen molar-refractivity contribution in [2.75, 3.05) is 13.1 Å². The van der Waals surface area contributed by atoms with Gasteiger partial charge in [-0.25, -0.2) is 5.43 Å². The highest BCUT2D eigenvalue weighted by molar-refractivity contribution is 5.13. The first-order valence-corrected chi connectivity index (χ1v) is 6.94. The maximum absolute atomic E-state index is 5.81. The molecule has 0 aliphatic carbocycles. The summed E-state index contributed by atoms with van der Waals surface area (Å²) in [6.45, 7) is 10.8. The van der Waals surface area contributed by atoms with Crippen molar-refractivity contribution in [2.24, 2.45) is 5.84 Å². The number of furan rings is 1. The van der Waals surface area contributed by atoms with Crippen molar-refractivity contribution in [1.29, 1.82) is 0 Å². The van der Waals surface area contributed by atoms with E-state index in [1.54, 1.807) is 6.26 Å². The third-order valence-electron chi connectivity index (χ3n) is 4.15. The molecule has 0 bridgehead atoms. The van der Waals surface area contributed by atoms with E-state index in [-0.39, 0.29) is 11.6 Å². The zero-order chi connectivity index (χ0) is 13.6. The number of likely N-dealkylation sites (N-methyl/N-ethyl adjacent to an activating group) is 1. The van der Waals surface area contributed by atoms with Crippen LogP contribution in [0.4, 0.5) is 0 Å². The van der Waals surface area contributed by atoms with Gasteiger partial charge in [0.25, 0.3) is 0 Å². The van der Waals surface area contributed by atoms with Crippen LogP contribution in [0.5, 0.6) is 0 Å². The van der Waals surface area contributed by atoms with E-state index in [4.69, 9.17) is 10.3 Å². The topological polar surface area (TPSA) is 54.4 Å². The fourth-order valence-electron chi connectivity index (χ4n) is 3.10. The minimum absolute atomic E-state index is 0.00387. The molecule has 4 heteroatoms. The Morgan fingerprint density at radius 1 is 1.28 bits per heavy atom. The van der Waals surface area contributed by atoms with Crippen LogP contribution in [0.15, 0.2) is 22.8 Å². The van der Waals surface area contributed by atoms with E-state index in [2.05, 4.69) is 38.0 Å². The molecule has 0 aliphatic heterocycles. The molecule has 1 aromatic rings. The largest absolute Gasteiger partial charge is 0.468 e. The summed E-state index contributed by atoms with van der Waals surface area (Å²) in [5.41, 5.74) is 2.96. The van der Waals surface area contributed by atoms with E-state index < -0.39 is 0 Å². The standard InChI is InChI=1S/C14H27N3O/c1-5-14(6-2,17(7-3)8-4)13(16-15)12-10-9-11-18-12/h9-11,13,16H,5-8,15H2,1-4H3. The highest BCUT2D eigenvalue weighted by Crippen LogP contribution is 2.37. The number of hydrogen-bond acceptors (Lipinski definition) is 4. The maximum Gasteiger partial charge on any atom is 0.123 e. The van der Waals surface area contributed by atoms with Crippen molar-refractivity contribution in [1.82, 2.24) is 10.3 Å². The molecule has 0 saturated heterocycles. The third-order valence-corrected chi connectivity index (χ3v) is 4.15. The first kappa shape index (κ1) is 15.2. The Hall–Kier alpha value is -0.840. The van der Waals surface area contributed by atoms with Crippen LogP contribution >= 0.6 is 0 Å². The lowest BCUT2D eigenvalue weighted by Gasteiger charge is -2.46. The van der Waals surface area contributed by atoms with E-state index in [0.29, 0.717) is 0 Å². The van der Waals surface area contributed by atoms with Crippen LogP contribution in [0.3, 0.4) is 0 Å². The summed E-state index contributed by atoms with van der Waals surface area (Å²) in [5.74, 6) is 6.72. The predicted molar refractivity (Wildman–Crippen MR) is 75.0 cm³/mol. The third kappa shape index (κ3) is 2.60. The van der Waals surface area contributed by atoms with Gasteiger partial charge in [-0.1, -0.05) is 27.7 Å². The highest BCUT2D eigenvalue weighted by atomic mass is 16.3. The van der Waals surface area contributed by atoms with Crippen LogP contribution in [-0.4, -0.2) is 23.5 Å². The summed E-state index contributed by atoms with van der Waals surface area (Å²) in [4.78, 5) is 2.47. The SMILES string of the molecule is CCN(CC)C(CC)(CC)C(NN)c1ccco1. The molecule has 0 aromatic carbocycles. The Morgan fingerprint density at radius 2 is 1.89 bits per heavy atom. The molecule has 0 radical (unpaired) electrons. The fraction of sp³-hybridized carbons (Fsp3) is 0.714. The van der Waals surface area contributed by atoms with Gasteiger partial charge in [-0.3, -0.25) is 10.7 Å². The average Bonchev–Trinajstić information content (AvgIpc) is 2.92. The van der Waals surface area contributed by atoms with E-state index in [9.17, 15) is 0 Å². The lowest BCUT2D eigenvalue weighted by Crippen LogP contribution is -2.57. The molecule has 4 nitrogen and oxygen atoms in total. The van der Waals surface area contributed by atoms with E-state index in [1.165, 1.54) is 0 Å². The van der Waals surface area contributed by atoms with Crippen molar-refractivity contribution in [3.63, 3.8) is 0 Å². The smallest absolute Gasteiger partial charge is 0.123 e. The van der Waals surface area contributed by atoms with Crippen molar-refractivity contribution >= 4 is 0 Å². The van der Waals surface area contributed by atoms with E-state index >= 15 is 0 Å². The van der Waals surface area contributed by atoms with Gasteiger partial charge in [0.15, 0.2) is 0 Å². The van der Waals surface area contributed by atoms with Crippen LogP contribution in [0, 0.1) is 0 Å². The molecule has 18 heavy (non-hydrogen) atoms. The zero-order valence-corrected chi connectivity index (χ0v) is 12.1. The minimum atomic E-state index is -0.00387. The second kappa shape index (κ2) is 6.92. The van der Waals surface area contributed by atoms with Gasteiger partial charge in [0, 0.05) is 5.54 Å². The Labute approximate surface area is 110 Å². The van der Waals surface area contributed by atoms with Crippen LogP contribution in [0.1, 0.15) is 52.3 Å². The lowest BCUT2D eigenvalue weighted by atomic mass is 9.81. The lowest BCUT2D eigenvalue weighted by molar-refractivity contribution is 0.0409. The summed E-state index contributed by atoms with van der Waals surface area (Å²) in [7, 11) is 0. The molecule has 0 amide bonds.